The Labute approximate surface area is 119 Å². The molecule has 1 aromatic carbocycles. The van der Waals surface area contributed by atoms with Crippen molar-refractivity contribution < 1.29 is 9.59 Å². The summed E-state index contributed by atoms with van der Waals surface area (Å²) < 4.78 is 0. The lowest BCUT2D eigenvalue weighted by molar-refractivity contribution is -0.131. The van der Waals surface area contributed by atoms with Gasteiger partial charge in [-0.25, -0.2) is 0 Å². The summed E-state index contributed by atoms with van der Waals surface area (Å²) in [5.74, 6) is 0.282. The number of likely N-dealkylation sites (tertiary alicyclic amines) is 1. The lowest BCUT2D eigenvalue weighted by Gasteiger charge is -2.31. The summed E-state index contributed by atoms with van der Waals surface area (Å²) in [6.07, 6.45) is 2.21. The number of benzene rings is 1. The number of nitrogens with zero attached hydrogens (tertiary/aromatic N) is 1. The molecule has 2 rings (SSSR count). The fourth-order valence-corrected chi connectivity index (χ4v) is 2.42. The average Bonchev–Trinajstić information content (AvgIpc) is 2.45. The molecule has 1 aromatic rings. The molecular formula is C15H21N3O2. The van der Waals surface area contributed by atoms with Crippen LogP contribution in [0.4, 0.5) is 5.69 Å². The number of hydrogen-bond donors (Lipinski definition) is 2. The molecule has 1 fully saturated rings. The van der Waals surface area contributed by atoms with Gasteiger partial charge < -0.3 is 16.0 Å². The van der Waals surface area contributed by atoms with E-state index in [1.807, 2.05) is 4.90 Å². The van der Waals surface area contributed by atoms with Crippen LogP contribution in [-0.2, 0) is 4.79 Å². The van der Waals surface area contributed by atoms with Crippen LogP contribution in [0.15, 0.2) is 24.3 Å². The fourth-order valence-electron chi connectivity index (χ4n) is 2.42. The second-order valence-corrected chi connectivity index (χ2v) is 5.39. The summed E-state index contributed by atoms with van der Waals surface area (Å²) in [6.45, 7) is 3.78. The van der Waals surface area contributed by atoms with Gasteiger partial charge in [0.25, 0.3) is 5.91 Å². The number of nitrogen functional groups attached to an aromatic ring is 1. The van der Waals surface area contributed by atoms with Crippen LogP contribution in [0, 0.1) is 5.92 Å². The van der Waals surface area contributed by atoms with Gasteiger partial charge in [-0.05, 0) is 43.0 Å². The van der Waals surface area contributed by atoms with Gasteiger partial charge >= 0.3 is 0 Å². The topological polar surface area (TPSA) is 75.4 Å². The van der Waals surface area contributed by atoms with Crippen molar-refractivity contribution in [3.8, 4) is 0 Å². The van der Waals surface area contributed by atoms with Gasteiger partial charge in [0, 0.05) is 24.3 Å². The van der Waals surface area contributed by atoms with Crippen molar-refractivity contribution in [3.63, 3.8) is 0 Å². The first-order chi connectivity index (χ1) is 9.56. The fraction of sp³-hybridized carbons (Fsp3) is 0.467. The maximum absolute atomic E-state index is 12.0. The van der Waals surface area contributed by atoms with Crippen LogP contribution in [0.2, 0.25) is 0 Å². The minimum Gasteiger partial charge on any atom is -0.399 e. The van der Waals surface area contributed by atoms with Crippen LogP contribution in [0.3, 0.4) is 0 Å². The molecule has 0 saturated carbocycles. The standard InChI is InChI=1S/C15H21N3O2/c1-11-3-2-8-18(10-11)14(19)9-17-15(20)12-4-6-13(16)7-5-12/h4-7,11H,2-3,8-10,16H2,1H3,(H,17,20). The highest BCUT2D eigenvalue weighted by atomic mass is 16.2. The zero-order chi connectivity index (χ0) is 14.5. The van der Waals surface area contributed by atoms with E-state index in [-0.39, 0.29) is 18.4 Å². The second kappa shape index (κ2) is 6.41. The van der Waals surface area contributed by atoms with Crippen molar-refractivity contribution in [1.29, 1.82) is 0 Å². The predicted octanol–water partition coefficient (Wildman–Crippen LogP) is 1.26. The number of carbonyl (C=O) groups excluding carboxylic acids is 2. The highest BCUT2D eigenvalue weighted by Crippen LogP contribution is 2.15. The number of amides is 2. The lowest BCUT2D eigenvalue weighted by Crippen LogP contribution is -2.44. The van der Waals surface area contributed by atoms with E-state index in [9.17, 15) is 9.59 Å². The van der Waals surface area contributed by atoms with E-state index in [0.717, 1.165) is 19.5 Å². The summed E-state index contributed by atoms with van der Waals surface area (Å²) >= 11 is 0. The predicted molar refractivity (Wildman–Crippen MR) is 78.2 cm³/mol. The molecule has 1 aliphatic heterocycles. The third-order valence-corrected chi connectivity index (χ3v) is 3.58. The maximum Gasteiger partial charge on any atom is 0.251 e. The molecule has 1 saturated heterocycles. The van der Waals surface area contributed by atoms with Crippen LogP contribution in [0.5, 0.6) is 0 Å². The number of anilines is 1. The zero-order valence-electron chi connectivity index (χ0n) is 11.8. The Morgan fingerprint density at radius 3 is 2.70 bits per heavy atom. The molecule has 0 aliphatic carbocycles. The molecule has 3 N–H and O–H groups in total. The number of rotatable bonds is 3. The molecule has 1 atom stereocenters. The molecule has 0 spiro atoms. The number of nitrogens with one attached hydrogen (secondary N) is 1. The van der Waals surface area contributed by atoms with Crippen molar-refractivity contribution in [3.05, 3.63) is 29.8 Å². The smallest absolute Gasteiger partial charge is 0.251 e. The molecule has 2 amide bonds. The summed E-state index contributed by atoms with van der Waals surface area (Å²) in [4.78, 5) is 25.7. The Bertz CT molecular complexity index is 484. The minimum absolute atomic E-state index is 0.0136. The van der Waals surface area contributed by atoms with Gasteiger partial charge in [0.1, 0.15) is 0 Å². The number of hydrogen-bond acceptors (Lipinski definition) is 3. The van der Waals surface area contributed by atoms with E-state index in [4.69, 9.17) is 5.73 Å². The summed E-state index contributed by atoms with van der Waals surface area (Å²) in [5, 5.41) is 2.66. The molecule has 20 heavy (non-hydrogen) atoms. The van der Waals surface area contributed by atoms with Gasteiger partial charge in [0.15, 0.2) is 0 Å². The first kappa shape index (κ1) is 14.4. The molecular weight excluding hydrogens is 254 g/mol. The summed E-state index contributed by atoms with van der Waals surface area (Å²) in [5.41, 5.74) is 6.69. The SMILES string of the molecule is CC1CCCN(C(=O)CNC(=O)c2ccc(N)cc2)C1. The van der Waals surface area contributed by atoms with Crippen LogP contribution in [0.25, 0.3) is 0 Å². The van der Waals surface area contributed by atoms with Crippen molar-refractivity contribution in [1.82, 2.24) is 10.2 Å². The van der Waals surface area contributed by atoms with Gasteiger partial charge in [-0.2, -0.15) is 0 Å². The number of piperidine rings is 1. The van der Waals surface area contributed by atoms with Crippen molar-refractivity contribution in [2.24, 2.45) is 5.92 Å². The first-order valence-electron chi connectivity index (χ1n) is 6.98. The molecule has 5 nitrogen and oxygen atoms in total. The van der Waals surface area contributed by atoms with Crippen molar-refractivity contribution >= 4 is 17.5 Å². The zero-order valence-corrected chi connectivity index (χ0v) is 11.8. The van der Waals surface area contributed by atoms with Crippen LogP contribution < -0.4 is 11.1 Å². The Hall–Kier alpha value is -2.04. The van der Waals surface area contributed by atoms with E-state index in [1.54, 1.807) is 24.3 Å². The van der Waals surface area contributed by atoms with Crippen molar-refractivity contribution in [2.45, 2.75) is 19.8 Å². The highest BCUT2D eigenvalue weighted by molar-refractivity contribution is 5.96. The molecule has 1 unspecified atom stereocenters. The molecule has 5 heteroatoms. The highest BCUT2D eigenvalue weighted by Gasteiger charge is 2.21. The Balaban J connectivity index is 1.83. The Morgan fingerprint density at radius 1 is 1.35 bits per heavy atom. The number of nitrogens with two attached hydrogens (primary N) is 1. The normalized spacial score (nSPS) is 18.6. The van der Waals surface area contributed by atoms with Gasteiger partial charge in [-0.1, -0.05) is 6.92 Å². The lowest BCUT2D eigenvalue weighted by atomic mass is 10.0. The maximum atomic E-state index is 12.0. The quantitative estimate of drug-likeness (QED) is 0.815. The molecule has 0 radical (unpaired) electrons. The van der Waals surface area contributed by atoms with Gasteiger partial charge in [0.05, 0.1) is 6.54 Å². The van der Waals surface area contributed by atoms with Crippen LogP contribution >= 0.6 is 0 Å². The Morgan fingerprint density at radius 2 is 2.05 bits per heavy atom. The van der Waals surface area contributed by atoms with Gasteiger partial charge in [0.2, 0.25) is 5.91 Å². The molecule has 1 aliphatic rings. The monoisotopic (exact) mass is 275 g/mol. The third kappa shape index (κ3) is 3.73. The molecule has 0 aromatic heterocycles. The summed E-state index contributed by atoms with van der Waals surface area (Å²) in [7, 11) is 0. The number of carbonyl (C=O) groups is 2. The van der Waals surface area contributed by atoms with Crippen LogP contribution in [-0.4, -0.2) is 36.3 Å². The minimum atomic E-state index is -0.247. The average molecular weight is 275 g/mol. The van der Waals surface area contributed by atoms with Crippen molar-refractivity contribution in [2.75, 3.05) is 25.4 Å². The van der Waals surface area contributed by atoms with Gasteiger partial charge in [-0.3, -0.25) is 9.59 Å². The largest absolute Gasteiger partial charge is 0.399 e. The van der Waals surface area contributed by atoms with Gasteiger partial charge in [-0.15, -0.1) is 0 Å². The van der Waals surface area contributed by atoms with E-state index in [0.29, 0.717) is 17.2 Å². The van der Waals surface area contributed by atoms with E-state index < -0.39 is 0 Å². The molecule has 1 heterocycles. The van der Waals surface area contributed by atoms with E-state index >= 15 is 0 Å². The molecule has 0 bridgehead atoms. The second-order valence-electron chi connectivity index (χ2n) is 5.39. The van der Waals surface area contributed by atoms with Crippen LogP contribution in [0.1, 0.15) is 30.1 Å². The first-order valence-corrected chi connectivity index (χ1v) is 6.98. The summed E-state index contributed by atoms with van der Waals surface area (Å²) in [6, 6.07) is 6.64. The molecule has 108 valence electrons. The third-order valence-electron chi connectivity index (χ3n) is 3.58. The van der Waals surface area contributed by atoms with E-state index in [2.05, 4.69) is 12.2 Å². The Kier molecular flexibility index (Phi) is 4.61. The van der Waals surface area contributed by atoms with E-state index in [1.165, 1.54) is 6.42 Å².